The minimum Gasteiger partial charge on any atom is -0.497 e. The Balaban J connectivity index is 0.00000338. The maximum atomic E-state index is 6.64. The summed E-state index contributed by atoms with van der Waals surface area (Å²) >= 11 is 0. The number of aromatic nitrogens is 1. The Morgan fingerprint density at radius 3 is 2.37 bits per heavy atom. The van der Waals surface area contributed by atoms with Crippen LogP contribution in [0, 0.1) is 12.1 Å². The van der Waals surface area contributed by atoms with Crippen molar-refractivity contribution >= 4 is 49.3 Å². The second-order valence-electron chi connectivity index (χ2n) is 12.3. The Bertz CT molecular complexity index is 2300. The van der Waals surface area contributed by atoms with Crippen molar-refractivity contribution in [3.05, 3.63) is 138 Å². The van der Waals surface area contributed by atoms with Gasteiger partial charge in [-0.1, -0.05) is 106 Å². The number of furan rings is 1. The number of hydrogen-bond acceptors (Lipinski definition) is 4. The summed E-state index contributed by atoms with van der Waals surface area (Å²) < 4.78 is 13.1. The van der Waals surface area contributed by atoms with Crippen molar-refractivity contribution in [1.29, 1.82) is 0 Å². The summed E-state index contributed by atoms with van der Waals surface area (Å²) in [5, 5.41) is 5.00. The number of hydrogen-bond donors (Lipinski definition) is 0. The van der Waals surface area contributed by atoms with Crippen LogP contribution in [-0.4, -0.2) is 10.7 Å². The van der Waals surface area contributed by atoms with Gasteiger partial charge in [-0.3, -0.25) is 0 Å². The van der Waals surface area contributed by atoms with Gasteiger partial charge in [-0.05, 0) is 62.7 Å². The maximum absolute atomic E-state index is 6.64. The van der Waals surface area contributed by atoms with Crippen LogP contribution in [-0.2, 0) is 21.1 Å². The van der Waals surface area contributed by atoms with Crippen LogP contribution in [0.3, 0.4) is 0 Å². The second kappa shape index (κ2) is 12.0. The number of fused-ring (bicyclic) bond motifs is 7. The van der Waals surface area contributed by atoms with Crippen LogP contribution in [0.4, 0.5) is 0 Å². The molecule has 1 unspecified atom stereocenters. The molecule has 0 fully saturated rings. The number of ether oxygens (including phenoxy) is 1. The van der Waals surface area contributed by atoms with Crippen LogP contribution in [0.15, 0.2) is 113 Å². The van der Waals surface area contributed by atoms with Crippen molar-refractivity contribution in [3.8, 4) is 11.5 Å². The van der Waals surface area contributed by atoms with E-state index in [1.54, 1.807) is 0 Å². The number of allylic oxidation sites excluding steroid dienone is 1. The first-order chi connectivity index (χ1) is 22.0. The maximum Gasteiger partial charge on any atom is 2.00 e. The van der Waals surface area contributed by atoms with Crippen molar-refractivity contribution in [2.45, 2.75) is 45.4 Å². The normalized spacial score (nSPS) is 14.6. The molecule has 46 heavy (non-hydrogen) atoms. The van der Waals surface area contributed by atoms with Gasteiger partial charge in [0.25, 0.3) is 0 Å². The molecule has 5 heteroatoms. The van der Waals surface area contributed by atoms with Crippen LogP contribution >= 0.6 is 0 Å². The molecule has 0 radical (unpaired) electrons. The van der Waals surface area contributed by atoms with Crippen molar-refractivity contribution in [2.24, 2.45) is 4.99 Å². The van der Waals surface area contributed by atoms with Gasteiger partial charge in [0, 0.05) is 29.5 Å². The first-order valence-electron chi connectivity index (χ1n) is 15.6. The fourth-order valence-corrected chi connectivity index (χ4v) is 6.78. The van der Waals surface area contributed by atoms with E-state index in [1.807, 2.05) is 48.8 Å². The summed E-state index contributed by atoms with van der Waals surface area (Å²) in [5.74, 6) is 1.92. The van der Waals surface area contributed by atoms with Gasteiger partial charge < -0.3 is 19.1 Å². The fraction of sp³-hybridized carbons (Fsp3) is 0.171. The zero-order valence-corrected chi connectivity index (χ0v) is 28.3. The van der Waals surface area contributed by atoms with Gasteiger partial charge in [0.2, 0.25) is 0 Å². The molecular formula is C41H32N2O2Pt. The quantitative estimate of drug-likeness (QED) is 0.125. The molecule has 0 bridgehead atoms. The topological polar surface area (TPSA) is 47.6 Å². The predicted molar refractivity (Wildman–Crippen MR) is 184 cm³/mol. The van der Waals surface area contributed by atoms with E-state index in [2.05, 4.69) is 94.4 Å². The summed E-state index contributed by atoms with van der Waals surface area (Å²) in [4.78, 5) is 9.60. The molecule has 1 aliphatic heterocycles. The Labute approximate surface area is 283 Å². The molecule has 7 aromatic rings. The minimum absolute atomic E-state index is 0. The SMILES string of the molecule is CC(C)c1cccc(C(C)C)c1C1C=CN=C1c1[c-]c(Oc2[c-]c3c(ccc4cccnc43)c3c2oc2ccccc23)ccc1.[Pt+2]. The third-order valence-corrected chi connectivity index (χ3v) is 8.86. The molecule has 1 aliphatic rings. The summed E-state index contributed by atoms with van der Waals surface area (Å²) in [6.45, 7) is 9.04. The molecule has 3 heterocycles. The van der Waals surface area contributed by atoms with E-state index in [1.165, 1.54) is 16.7 Å². The zero-order valence-electron chi connectivity index (χ0n) is 26.1. The van der Waals surface area contributed by atoms with Crippen molar-refractivity contribution in [3.63, 3.8) is 0 Å². The van der Waals surface area contributed by atoms with Gasteiger partial charge in [0.15, 0.2) is 0 Å². The van der Waals surface area contributed by atoms with Crippen LogP contribution in [0.25, 0.3) is 43.6 Å². The third kappa shape index (κ3) is 4.96. The molecule has 0 spiro atoms. The summed E-state index contributed by atoms with van der Waals surface area (Å²) in [7, 11) is 0. The second-order valence-corrected chi connectivity index (χ2v) is 12.3. The molecule has 228 valence electrons. The average Bonchev–Trinajstić information content (AvgIpc) is 3.70. The van der Waals surface area contributed by atoms with E-state index in [9.17, 15) is 0 Å². The monoisotopic (exact) mass is 779 g/mol. The molecule has 5 aromatic carbocycles. The molecule has 4 nitrogen and oxygen atoms in total. The number of aliphatic imine (C=N–C) groups is 1. The van der Waals surface area contributed by atoms with Gasteiger partial charge in [0.1, 0.15) is 5.58 Å². The molecule has 0 amide bonds. The van der Waals surface area contributed by atoms with Crippen molar-refractivity contribution < 1.29 is 30.2 Å². The molecule has 0 saturated carbocycles. The molecule has 8 rings (SSSR count). The van der Waals surface area contributed by atoms with E-state index in [0.717, 1.165) is 49.3 Å². The first kappa shape index (κ1) is 30.1. The third-order valence-electron chi connectivity index (χ3n) is 8.86. The van der Waals surface area contributed by atoms with Gasteiger partial charge in [0.05, 0.1) is 11.3 Å². The van der Waals surface area contributed by atoms with E-state index in [4.69, 9.17) is 19.1 Å². The largest absolute Gasteiger partial charge is 2.00 e. The number of para-hydroxylation sites is 1. The molecular weight excluding hydrogens is 748 g/mol. The molecule has 0 aliphatic carbocycles. The molecule has 1 atom stereocenters. The van der Waals surface area contributed by atoms with Crippen LogP contribution < -0.4 is 4.74 Å². The van der Waals surface area contributed by atoms with Gasteiger partial charge in [-0.15, -0.1) is 29.1 Å². The number of pyridine rings is 1. The average molecular weight is 780 g/mol. The number of rotatable bonds is 6. The van der Waals surface area contributed by atoms with E-state index < -0.39 is 0 Å². The summed E-state index contributed by atoms with van der Waals surface area (Å²) in [5.41, 5.74) is 8.28. The Kier molecular flexibility index (Phi) is 7.86. The van der Waals surface area contributed by atoms with Crippen LogP contribution in [0.1, 0.15) is 67.7 Å². The van der Waals surface area contributed by atoms with E-state index in [-0.39, 0.29) is 27.0 Å². The van der Waals surface area contributed by atoms with Crippen molar-refractivity contribution in [2.75, 3.05) is 0 Å². The Morgan fingerprint density at radius 1 is 0.783 bits per heavy atom. The molecule has 2 aromatic heterocycles. The Morgan fingerprint density at radius 2 is 1.57 bits per heavy atom. The standard InChI is InChI=1S/C41H32N2O2.Pt/c1-24(2)29-14-8-15-30(25(3)4)37(29)33-19-21-43-40(33)27-10-7-12-28(22-27)44-36-23-34-31(18-17-26-11-9-20-42-39(26)34)38-32-13-5-6-16-35(32)45-41(36)38;/h5-21,24-25,33H,1-4H3;/q-2;+2. The summed E-state index contributed by atoms with van der Waals surface area (Å²) in [6.07, 6.45) is 5.95. The Hall–Kier alpha value is -4.53. The van der Waals surface area contributed by atoms with Crippen molar-refractivity contribution in [1.82, 2.24) is 4.98 Å². The molecule has 0 N–H and O–H groups in total. The number of nitrogens with zero attached hydrogens (tertiary/aromatic N) is 2. The zero-order chi connectivity index (χ0) is 30.7. The number of benzene rings is 5. The van der Waals surface area contributed by atoms with Crippen LogP contribution in [0.2, 0.25) is 0 Å². The fourth-order valence-electron chi connectivity index (χ4n) is 6.78. The first-order valence-corrected chi connectivity index (χ1v) is 15.6. The van der Waals surface area contributed by atoms with Gasteiger partial charge in [-0.2, -0.15) is 0 Å². The van der Waals surface area contributed by atoms with Gasteiger partial charge in [-0.25, -0.2) is 0 Å². The molecule has 0 saturated heterocycles. The van der Waals surface area contributed by atoms with Crippen LogP contribution in [0.5, 0.6) is 11.5 Å². The summed E-state index contributed by atoms with van der Waals surface area (Å²) in [6, 6.07) is 36.1. The van der Waals surface area contributed by atoms with E-state index in [0.29, 0.717) is 28.9 Å². The minimum atomic E-state index is 0. The van der Waals surface area contributed by atoms with E-state index >= 15 is 0 Å². The smallest absolute Gasteiger partial charge is 0.497 e. The van der Waals surface area contributed by atoms with Gasteiger partial charge >= 0.3 is 21.1 Å². The predicted octanol–water partition coefficient (Wildman–Crippen LogP) is 11.0.